The van der Waals surface area contributed by atoms with E-state index in [-0.39, 0.29) is 0 Å². The minimum Gasteiger partial charge on any atom is -0.298 e. The molecular weight excluding hydrogens is 184 g/mol. The van der Waals surface area contributed by atoms with Crippen molar-refractivity contribution in [2.45, 2.75) is 26.2 Å². The second-order valence-electron chi connectivity index (χ2n) is 3.06. The molecule has 0 atom stereocenters. The van der Waals surface area contributed by atoms with Gasteiger partial charge in [-0.15, -0.1) is 0 Å². The molecule has 0 heterocycles. The normalized spacial score (nSPS) is 10.0. The fourth-order valence-corrected chi connectivity index (χ4v) is 1.45. The first-order valence-corrected chi connectivity index (χ1v) is 4.89. The largest absolute Gasteiger partial charge is 0.298 e. The minimum absolute atomic E-state index is 0.627. The van der Waals surface area contributed by atoms with Gasteiger partial charge >= 0.3 is 0 Å². The van der Waals surface area contributed by atoms with Gasteiger partial charge in [0.05, 0.1) is 0 Å². The molecule has 0 saturated heterocycles. The van der Waals surface area contributed by atoms with E-state index in [9.17, 15) is 4.79 Å². The van der Waals surface area contributed by atoms with Crippen molar-refractivity contribution in [2.24, 2.45) is 0 Å². The number of unbranched alkanes of at least 4 members (excludes halogenated alkanes) is 1. The third-order valence-electron chi connectivity index (χ3n) is 2.03. The Bertz CT molecular complexity index is 294. The van der Waals surface area contributed by atoms with Gasteiger partial charge < -0.3 is 0 Å². The quantitative estimate of drug-likeness (QED) is 0.674. The van der Waals surface area contributed by atoms with Crippen molar-refractivity contribution in [3.05, 3.63) is 34.3 Å². The molecule has 1 aromatic rings. The predicted molar refractivity (Wildman–Crippen MR) is 55.5 cm³/mol. The lowest BCUT2D eigenvalue weighted by Gasteiger charge is -2.03. The molecule has 0 N–H and O–H groups in total. The molecule has 0 amide bonds. The Labute approximate surface area is 83.7 Å². The number of aldehydes is 1. The standard InChI is InChI=1S/C11H13ClO/c1-2-3-4-9-5-6-11(12)7-10(9)8-13/h5-8H,2-4H2,1H3. The smallest absolute Gasteiger partial charge is 0.150 e. The highest BCUT2D eigenvalue weighted by atomic mass is 35.5. The molecular formula is C11H13ClO. The molecule has 0 fully saturated rings. The van der Waals surface area contributed by atoms with Crippen molar-refractivity contribution in [1.82, 2.24) is 0 Å². The molecule has 0 saturated carbocycles. The highest BCUT2D eigenvalue weighted by Gasteiger charge is 2.01. The Hall–Kier alpha value is -0.820. The van der Waals surface area contributed by atoms with Crippen LogP contribution < -0.4 is 0 Å². The Morgan fingerprint density at radius 3 is 2.85 bits per heavy atom. The van der Waals surface area contributed by atoms with Crippen molar-refractivity contribution in [1.29, 1.82) is 0 Å². The van der Waals surface area contributed by atoms with Crippen LogP contribution >= 0.6 is 11.6 Å². The van der Waals surface area contributed by atoms with Gasteiger partial charge in [0.25, 0.3) is 0 Å². The van der Waals surface area contributed by atoms with Crippen LogP contribution in [0.15, 0.2) is 18.2 Å². The van der Waals surface area contributed by atoms with Gasteiger partial charge in [0.15, 0.2) is 0 Å². The maximum Gasteiger partial charge on any atom is 0.150 e. The molecule has 1 rings (SSSR count). The summed E-state index contributed by atoms with van der Waals surface area (Å²) in [7, 11) is 0. The molecule has 0 aliphatic rings. The van der Waals surface area contributed by atoms with Crippen LogP contribution in [0.1, 0.15) is 35.7 Å². The molecule has 13 heavy (non-hydrogen) atoms. The van der Waals surface area contributed by atoms with Crippen LogP contribution in [0.2, 0.25) is 5.02 Å². The van der Waals surface area contributed by atoms with Crippen molar-refractivity contribution in [2.75, 3.05) is 0 Å². The van der Waals surface area contributed by atoms with Gasteiger partial charge in [0.1, 0.15) is 6.29 Å². The monoisotopic (exact) mass is 196 g/mol. The highest BCUT2D eigenvalue weighted by Crippen LogP contribution is 2.16. The molecule has 0 radical (unpaired) electrons. The lowest BCUT2D eigenvalue weighted by atomic mass is 10.0. The Balaban J connectivity index is 2.86. The molecule has 0 unspecified atom stereocenters. The third-order valence-corrected chi connectivity index (χ3v) is 2.27. The van der Waals surface area contributed by atoms with Crippen LogP contribution in [-0.2, 0) is 6.42 Å². The summed E-state index contributed by atoms with van der Waals surface area (Å²) in [6.07, 6.45) is 4.09. The van der Waals surface area contributed by atoms with Crippen LogP contribution in [-0.4, -0.2) is 6.29 Å². The Kier molecular flexibility index (Phi) is 3.97. The van der Waals surface area contributed by atoms with Gasteiger partial charge in [0.2, 0.25) is 0 Å². The lowest BCUT2D eigenvalue weighted by Crippen LogP contribution is -1.92. The van der Waals surface area contributed by atoms with E-state index in [1.807, 2.05) is 12.1 Å². The van der Waals surface area contributed by atoms with Crippen molar-refractivity contribution >= 4 is 17.9 Å². The molecule has 70 valence electrons. The van der Waals surface area contributed by atoms with Gasteiger partial charge in [-0.3, -0.25) is 4.79 Å². The second-order valence-corrected chi connectivity index (χ2v) is 3.50. The summed E-state index contributed by atoms with van der Waals surface area (Å²) in [5.41, 5.74) is 1.82. The molecule has 2 heteroatoms. The zero-order valence-electron chi connectivity index (χ0n) is 7.72. The average Bonchev–Trinajstić information content (AvgIpc) is 2.16. The summed E-state index contributed by atoms with van der Waals surface area (Å²) in [5, 5.41) is 0.627. The number of rotatable bonds is 4. The Morgan fingerprint density at radius 2 is 2.23 bits per heavy atom. The van der Waals surface area contributed by atoms with Crippen molar-refractivity contribution < 1.29 is 4.79 Å². The van der Waals surface area contributed by atoms with Crippen molar-refractivity contribution in [3.8, 4) is 0 Å². The van der Waals surface area contributed by atoms with Crippen LogP contribution in [0.4, 0.5) is 0 Å². The van der Waals surface area contributed by atoms with Gasteiger partial charge in [-0.1, -0.05) is 31.0 Å². The van der Waals surface area contributed by atoms with Gasteiger partial charge in [-0.05, 0) is 30.5 Å². The molecule has 0 aromatic heterocycles. The van der Waals surface area contributed by atoms with Crippen LogP contribution in [0.25, 0.3) is 0 Å². The molecule has 1 nitrogen and oxygen atoms in total. The lowest BCUT2D eigenvalue weighted by molar-refractivity contribution is 0.112. The number of carbonyl (C=O) groups excluding carboxylic acids is 1. The van der Waals surface area contributed by atoms with Crippen LogP contribution in [0.3, 0.4) is 0 Å². The van der Waals surface area contributed by atoms with Crippen LogP contribution in [0.5, 0.6) is 0 Å². The van der Waals surface area contributed by atoms with E-state index >= 15 is 0 Å². The first-order chi connectivity index (χ1) is 6.27. The van der Waals surface area contributed by atoms with Gasteiger partial charge in [0, 0.05) is 10.6 Å². The van der Waals surface area contributed by atoms with E-state index < -0.39 is 0 Å². The zero-order valence-corrected chi connectivity index (χ0v) is 8.47. The van der Waals surface area contributed by atoms with Crippen molar-refractivity contribution in [3.63, 3.8) is 0 Å². The maximum atomic E-state index is 10.7. The fourth-order valence-electron chi connectivity index (χ4n) is 1.27. The summed E-state index contributed by atoms with van der Waals surface area (Å²) in [6, 6.07) is 5.49. The van der Waals surface area contributed by atoms with E-state index in [1.165, 1.54) is 0 Å². The van der Waals surface area contributed by atoms with Crippen LogP contribution in [0, 0.1) is 0 Å². The van der Waals surface area contributed by atoms with E-state index in [0.29, 0.717) is 5.02 Å². The second kappa shape index (κ2) is 5.03. The average molecular weight is 197 g/mol. The SMILES string of the molecule is CCCCc1ccc(Cl)cc1C=O. The van der Waals surface area contributed by atoms with E-state index in [0.717, 1.165) is 36.7 Å². The minimum atomic E-state index is 0.627. The first-order valence-electron chi connectivity index (χ1n) is 4.51. The summed E-state index contributed by atoms with van der Waals surface area (Å²) in [5.74, 6) is 0. The number of halogens is 1. The maximum absolute atomic E-state index is 10.7. The zero-order chi connectivity index (χ0) is 9.68. The summed E-state index contributed by atoms with van der Waals surface area (Å²) < 4.78 is 0. The Morgan fingerprint density at radius 1 is 1.46 bits per heavy atom. The predicted octanol–water partition coefficient (Wildman–Crippen LogP) is 3.50. The number of hydrogen-bond donors (Lipinski definition) is 0. The number of hydrogen-bond acceptors (Lipinski definition) is 1. The summed E-state index contributed by atoms with van der Waals surface area (Å²) in [6.45, 7) is 2.14. The third kappa shape index (κ3) is 2.85. The number of carbonyl (C=O) groups is 1. The number of aryl methyl sites for hydroxylation is 1. The first kappa shape index (κ1) is 10.3. The topological polar surface area (TPSA) is 17.1 Å². The fraction of sp³-hybridized carbons (Fsp3) is 0.364. The molecule has 0 bridgehead atoms. The molecule has 0 spiro atoms. The van der Waals surface area contributed by atoms with Gasteiger partial charge in [-0.25, -0.2) is 0 Å². The summed E-state index contributed by atoms with van der Waals surface area (Å²) in [4.78, 5) is 10.7. The number of benzene rings is 1. The van der Waals surface area contributed by atoms with E-state index in [4.69, 9.17) is 11.6 Å². The van der Waals surface area contributed by atoms with E-state index in [2.05, 4.69) is 6.92 Å². The molecule has 0 aliphatic carbocycles. The highest BCUT2D eigenvalue weighted by molar-refractivity contribution is 6.30. The summed E-state index contributed by atoms with van der Waals surface area (Å²) >= 11 is 5.77. The molecule has 1 aromatic carbocycles. The molecule has 0 aliphatic heterocycles. The van der Waals surface area contributed by atoms with E-state index in [1.54, 1.807) is 6.07 Å². The van der Waals surface area contributed by atoms with Gasteiger partial charge in [-0.2, -0.15) is 0 Å².